The van der Waals surface area contributed by atoms with E-state index in [0.29, 0.717) is 5.56 Å². The zero-order chi connectivity index (χ0) is 8.97. The zero-order valence-corrected chi connectivity index (χ0v) is 7.21. The molecule has 1 aromatic heterocycles. The summed E-state index contributed by atoms with van der Waals surface area (Å²) in [6.07, 6.45) is 3.16. The topological polar surface area (TPSA) is 52.1 Å². The average Bonchev–Trinajstić information content (AvgIpc) is 2.09. The molecule has 1 rings (SSSR count). The molecule has 0 aliphatic rings. The van der Waals surface area contributed by atoms with Crippen LogP contribution in [0.15, 0.2) is 12.4 Å². The summed E-state index contributed by atoms with van der Waals surface area (Å²) in [6.45, 7) is 0. The average molecular weight is 187 g/mol. The van der Waals surface area contributed by atoms with Crippen molar-refractivity contribution in [3.05, 3.63) is 23.2 Å². The number of halogens is 1. The van der Waals surface area contributed by atoms with E-state index in [-0.39, 0.29) is 17.7 Å². The lowest BCUT2D eigenvalue weighted by atomic mass is 10.2. The van der Waals surface area contributed by atoms with Gasteiger partial charge in [0.1, 0.15) is 0 Å². The van der Waals surface area contributed by atoms with Crippen LogP contribution in [-0.4, -0.2) is 23.0 Å². The van der Waals surface area contributed by atoms with Crippen LogP contribution in [0.25, 0.3) is 0 Å². The van der Waals surface area contributed by atoms with Crippen LogP contribution in [-0.2, 0) is 16.0 Å². The number of rotatable bonds is 2. The van der Waals surface area contributed by atoms with E-state index in [4.69, 9.17) is 11.6 Å². The molecule has 0 amide bonds. The van der Waals surface area contributed by atoms with Crippen molar-refractivity contribution in [2.75, 3.05) is 7.11 Å². The van der Waals surface area contributed by atoms with Crippen LogP contribution in [0.4, 0.5) is 0 Å². The minimum atomic E-state index is -0.319. The standard InChI is InChI=1S/C7H7ClN2O2/c1-12-6(11)2-5-3-9-7(8)10-4-5/h3-4H,2H2,1H3. The molecule has 0 aromatic carbocycles. The van der Waals surface area contributed by atoms with Crippen molar-refractivity contribution in [3.63, 3.8) is 0 Å². The van der Waals surface area contributed by atoms with Gasteiger partial charge in [0.25, 0.3) is 0 Å². The second-order valence-corrected chi connectivity index (χ2v) is 2.45. The zero-order valence-electron chi connectivity index (χ0n) is 6.45. The molecule has 12 heavy (non-hydrogen) atoms. The van der Waals surface area contributed by atoms with Crippen LogP contribution in [0.5, 0.6) is 0 Å². The summed E-state index contributed by atoms with van der Waals surface area (Å²) in [5, 5.41) is 0.170. The van der Waals surface area contributed by atoms with Gasteiger partial charge in [0.15, 0.2) is 0 Å². The second kappa shape index (κ2) is 4.01. The van der Waals surface area contributed by atoms with E-state index < -0.39 is 0 Å². The SMILES string of the molecule is COC(=O)Cc1cnc(Cl)nc1. The molecule has 0 N–H and O–H groups in total. The van der Waals surface area contributed by atoms with Crippen molar-refractivity contribution < 1.29 is 9.53 Å². The molecule has 64 valence electrons. The molecular formula is C7H7ClN2O2. The fourth-order valence-electron chi connectivity index (χ4n) is 0.669. The molecule has 0 saturated heterocycles. The molecule has 4 nitrogen and oxygen atoms in total. The maximum Gasteiger partial charge on any atom is 0.310 e. The summed E-state index contributed by atoms with van der Waals surface area (Å²) >= 11 is 5.44. The number of nitrogens with zero attached hydrogens (tertiary/aromatic N) is 2. The summed E-state index contributed by atoms with van der Waals surface area (Å²) in [7, 11) is 1.33. The van der Waals surface area contributed by atoms with Crippen LogP contribution in [0.2, 0.25) is 5.28 Å². The Morgan fingerprint density at radius 1 is 1.58 bits per heavy atom. The van der Waals surface area contributed by atoms with Gasteiger partial charge in [-0.05, 0) is 17.2 Å². The Morgan fingerprint density at radius 3 is 2.67 bits per heavy atom. The molecule has 0 aliphatic carbocycles. The Labute approximate surface area is 74.5 Å². The van der Waals surface area contributed by atoms with Crippen molar-refractivity contribution in [2.45, 2.75) is 6.42 Å². The van der Waals surface area contributed by atoms with E-state index in [1.165, 1.54) is 19.5 Å². The highest BCUT2D eigenvalue weighted by molar-refractivity contribution is 6.28. The quantitative estimate of drug-likeness (QED) is 0.508. The minimum absolute atomic E-state index is 0.170. The Kier molecular flexibility index (Phi) is 2.99. The van der Waals surface area contributed by atoms with Gasteiger partial charge in [-0.1, -0.05) is 0 Å². The molecule has 0 fully saturated rings. The first-order chi connectivity index (χ1) is 5.72. The highest BCUT2D eigenvalue weighted by Gasteiger charge is 2.02. The number of methoxy groups -OCH3 is 1. The molecule has 1 aromatic rings. The summed E-state index contributed by atoms with van der Waals surface area (Å²) in [5.74, 6) is -0.319. The molecular weight excluding hydrogens is 180 g/mol. The molecule has 5 heteroatoms. The molecule has 0 atom stereocenters. The molecule has 0 aliphatic heterocycles. The second-order valence-electron chi connectivity index (χ2n) is 2.11. The number of carbonyl (C=O) groups excluding carboxylic acids is 1. The van der Waals surface area contributed by atoms with Crippen molar-refractivity contribution >= 4 is 17.6 Å². The third-order valence-electron chi connectivity index (χ3n) is 1.25. The smallest absolute Gasteiger partial charge is 0.310 e. The largest absolute Gasteiger partial charge is 0.469 e. The van der Waals surface area contributed by atoms with E-state index >= 15 is 0 Å². The predicted molar refractivity (Wildman–Crippen MR) is 42.8 cm³/mol. The van der Waals surface area contributed by atoms with Gasteiger partial charge in [-0.2, -0.15) is 0 Å². The molecule has 0 bridgehead atoms. The third kappa shape index (κ3) is 2.47. The number of esters is 1. The third-order valence-corrected chi connectivity index (χ3v) is 1.45. The van der Waals surface area contributed by atoms with Crippen molar-refractivity contribution in [1.29, 1.82) is 0 Å². The van der Waals surface area contributed by atoms with Crippen LogP contribution in [0, 0.1) is 0 Å². The molecule has 0 saturated carbocycles. The molecule has 0 spiro atoms. The monoisotopic (exact) mass is 186 g/mol. The van der Waals surface area contributed by atoms with Gasteiger partial charge in [0, 0.05) is 12.4 Å². The Bertz CT molecular complexity index is 273. The maximum atomic E-state index is 10.8. The summed E-state index contributed by atoms with van der Waals surface area (Å²) in [5.41, 5.74) is 0.686. The normalized spacial score (nSPS) is 9.50. The fourth-order valence-corrected chi connectivity index (χ4v) is 0.767. The highest BCUT2D eigenvalue weighted by Crippen LogP contribution is 2.01. The lowest BCUT2D eigenvalue weighted by molar-refractivity contribution is -0.139. The summed E-state index contributed by atoms with van der Waals surface area (Å²) < 4.78 is 4.46. The summed E-state index contributed by atoms with van der Waals surface area (Å²) in [4.78, 5) is 18.2. The Hall–Kier alpha value is -1.16. The Balaban J connectivity index is 2.64. The molecule has 0 radical (unpaired) electrons. The lowest BCUT2D eigenvalue weighted by Crippen LogP contribution is -2.04. The van der Waals surface area contributed by atoms with Gasteiger partial charge in [-0.25, -0.2) is 9.97 Å². The number of aromatic nitrogens is 2. The van der Waals surface area contributed by atoms with Gasteiger partial charge < -0.3 is 4.74 Å². The first-order valence-electron chi connectivity index (χ1n) is 3.25. The van der Waals surface area contributed by atoms with Crippen LogP contribution < -0.4 is 0 Å². The van der Waals surface area contributed by atoms with Gasteiger partial charge in [-0.15, -0.1) is 0 Å². The number of ether oxygens (including phenoxy) is 1. The van der Waals surface area contributed by atoms with E-state index in [1.54, 1.807) is 0 Å². The summed E-state index contributed by atoms with van der Waals surface area (Å²) in [6, 6.07) is 0. The minimum Gasteiger partial charge on any atom is -0.469 e. The van der Waals surface area contributed by atoms with E-state index in [1.807, 2.05) is 0 Å². The fraction of sp³-hybridized carbons (Fsp3) is 0.286. The lowest BCUT2D eigenvalue weighted by Gasteiger charge is -1.97. The van der Waals surface area contributed by atoms with Crippen molar-refractivity contribution in [1.82, 2.24) is 9.97 Å². The van der Waals surface area contributed by atoms with Gasteiger partial charge in [0.05, 0.1) is 13.5 Å². The van der Waals surface area contributed by atoms with E-state index in [2.05, 4.69) is 14.7 Å². The van der Waals surface area contributed by atoms with Crippen molar-refractivity contribution in [2.24, 2.45) is 0 Å². The van der Waals surface area contributed by atoms with Crippen molar-refractivity contribution in [3.8, 4) is 0 Å². The van der Waals surface area contributed by atoms with Crippen LogP contribution in [0.3, 0.4) is 0 Å². The first kappa shape index (κ1) is 8.93. The first-order valence-corrected chi connectivity index (χ1v) is 3.63. The number of hydrogen-bond donors (Lipinski definition) is 0. The molecule has 0 unspecified atom stereocenters. The highest BCUT2D eigenvalue weighted by atomic mass is 35.5. The van der Waals surface area contributed by atoms with Gasteiger partial charge >= 0.3 is 5.97 Å². The number of hydrogen-bond acceptors (Lipinski definition) is 4. The van der Waals surface area contributed by atoms with Crippen LogP contribution >= 0.6 is 11.6 Å². The van der Waals surface area contributed by atoms with E-state index in [9.17, 15) is 4.79 Å². The van der Waals surface area contributed by atoms with E-state index in [0.717, 1.165) is 0 Å². The van der Waals surface area contributed by atoms with Gasteiger partial charge in [-0.3, -0.25) is 4.79 Å². The number of carbonyl (C=O) groups is 1. The molecule has 1 heterocycles. The van der Waals surface area contributed by atoms with Crippen LogP contribution in [0.1, 0.15) is 5.56 Å². The Morgan fingerprint density at radius 2 is 2.17 bits per heavy atom. The maximum absolute atomic E-state index is 10.8. The predicted octanol–water partition coefficient (Wildman–Crippen LogP) is 0.845. The van der Waals surface area contributed by atoms with Gasteiger partial charge in [0.2, 0.25) is 5.28 Å².